The molecule has 2 heterocycles. The highest BCUT2D eigenvalue weighted by molar-refractivity contribution is 5.61. The summed E-state index contributed by atoms with van der Waals surface area (Å²) < 4.78 is 0. The van der Waals surface area contributed by atoms with E-state index in [1.807, 2.05) is 18.3 Å². The van der Waals surface area contributed by atoms with Crippen LogP contribution in [0.15, 0.2) is 42.6 Å². The van der Waals surface area contributed by atoms with Crippen molar-refractivity contribution >= 4 is 0 Å². The number of rotatable bonds is 1. The lowest BCUT2D eigenvalue weighted by atomic mass is 9.97. The van der Waals surface area contributed by atoms with Gasteiger partial charge in [-0.3, -0.25) is 4.98 Å². The Morgan fingerprint density at radius 3 is 2.94 bits per heavy atom. The maximum atomic E-state index is 4.38. The largest absolute Gasteiger partial charge is 0.312 e. The van der Waals surface area contributed by atoms with E-state index in [0.29, 0.717) is 0 Å². The van der Waals surface area contributed by atoms with E-state index < -0.39 is 0 Å². The summed E-state index contributed by atoms with van der Waals surface area (Å²) in [6.45, 7) is 2.08. The molecule has 0 saturated heterocycles. The molecule has 3 rings (SSSR count). The third kappa shape index (κ3) is 1.72. The number of aromatic nitrogens is 1. The molecule has 0 atom stereocenters. The Kier molecular flexibility index (Phi) is 2.43. The molecule has 0 aliphatic carbocycles. The fourth-order valence-corrected chi connectivity index (χ4v) is 2.17. The molecule has 1 aromatic heterocycles. The second kappa shape index (κ2) is 4.06. The lowest BCUT2D eigenvalue weighted by Gasteiger charge is -2.17. The Hall–Kier alpha value is -1.67. The van der Waals surface area contributed by atoms with Crippen LogP contribution in [0.25, 0.3) is 11.3 Å². The predicted molar refractivity (Wildman–Crippen MR) is 65.1 cm³/mol. The first kappa shape index (κ1) is 9.55. The Balaban J connectivity index is 2.03. The molecule has 0 amide bonds. The predicted octanol–water partition coefficient (Wildman–Crippen LogP) is 2.39. The van der Waals surface area contributed by atoms with E-state index in [1.54, 1.807) is 0 Å². The van der Waals surface area contributed by atoms with Gasteiger partial charge in [-0.2, -0.15) is 0 Å². The zero-order chi connectivity index (χ0) is 10.8. The SMILES string of the molecule is c1ccc(-c2ccc3c(c2)CNCC3)nc1. The molecule has 2 aromatic rings. The molecule has 2 nitrogen and oxygen atoms in total. The van der Waals surface area contributed by atoms with E-state index >= 15 is 0 Å². The molecule has 0 unspecified atom stereocenters. The van der Waals surface area contributed by atoms with E-state index in [2.05, 4.69) is 34.6 Å². The van der Waals surface area contributed by atoms with E-state index in [9.17, 15) is 0 Å². The average Bonchev–Trinajstić information content (AvgIpc) is 2.39. The summed E-state index contributed by atoms with van der Waals surface area (Å²) in [5, 5.41) is 3.40. The highest BCUT2D eigenvalue weighted by atomic mass is 14.9. The Labute approximate surface area is 95.3 Å². The third-order valence-corrected chi connectivity index (χ3v) is 3.05. The standard InChI is InChI=1S/C14H14N2/c1-2-7-16-14(3-1)12-5-4-11-6-8-15-10-13(11)9-12/h1-5,7,9,15H,6,8,10H2. The number of benzene rings is 1. The maximum Gasteiger partial charge on any atom is 0.0702 e. The number of nitrogens with zero attached hydrogens (tertiary/aromatic N) is 1. The molecule has 0 bridgehead atoms. The first-order valence-electron chi connectivity index (χ1n) is 5.67. The molecule has 0 spiro atoms. The fraction of sp³-hybridized carbons (Fsp3) is 0.214. The first-order valence-corrected chi connectivity index (χ1v) is 5.67. The molecular formula is C14H14N2. The summed E-state index contributed by atoms with van der Waals surface area (Å²) >= 11 is 0. The van der Waals surface area contributed by atoms with Crippen LogP contribution in [0.3, 0.4) is 0 Å². The zero-order valence-corrected chi connectivity index (χ0v) is 9.11. The Morgan fingerprint density at radius 1 is 1.06 bits per heavy atom. The summed E-state index contributed by atoms with van der Waals surface area (Å²) in [7, 11) is 0. The van der Waals surface area contributed by atoms with Gasteiger partial charge < -0.3 is 5.32 Å². The van der Waals surface area contributed by atoms with Crippen LogP contribution in [0.2, 0.25) is 0 Å². The number of hydrogen-bond donors (Lipinski definition) is 1. The van der Waals surface area contributed by atoms with Crippen molar-refractivity contribution in [1.82, 2.24) is 10.3 Å². The minimum Gasteiger partial charge on any atom is -0.312 e. The number of nitrogens with one attached hydrogen (secondary N) is 1. The summed E-state index contributed by atoms with van der Waals surface area (Å²) in [6, 6.07) is 12.7. The van der Waals surface area contributed by atoms with Gasteiger partial charge in [0.05, 0.1) is 5.69 Å². The molecule has 1 aliphatic rings. The molecule has 0 saturated carbocycles. The number of fused-ring (bicyclic) bond motifs is 1. The van der Waals surface area contributed by atoms with Crippen LogP contribution in [0.1, 0.15) is 11.1 Å². The molecule has 2 heteroatoms. The van der Waals surface area contributed by atoms with Gasteiger partial charge in [-0.25, -0.2) is 0 Å². The van der Waals surface area contributed by atoms with Crippen molar-refractivity contribution in [2.24, 2.45) is 0 Å². The van der Waals surface area contributed by atoms with Crippen LogP contribution in [0, 0.1) is 0 Å². The summed E-state index contributed by atoms with van der Waals surface area (Å²) in [4.78, 5) is 4.38. The second-order valence-electron chi connectivity index (χ2n) is 4.13. The van der Waals surface area contributed by atoms with Gasteiger partial charge in [0.15, 0.2) is 0 Å². The van der Waals surface area contributed by atoms with Crippen LogP contribution < -0.4 is 5.32 Å². The van der Waals surface area contributed by atoms with Crippen LogP contribution in [0.5, 0.6) is 0 Å². The molecule has 80 valence electrons. The van der Waals surface area contributed by atoms with Crippen LogP contribution in [-0.4, -0.2) is 11.5 Å². The molecule has 16 heavy (non-hydrogen) atoms. The van der Waals surface area contributed by atoms with Crippen molar-refractivity contribution in [3.8, 4) is 11.3 Å². The van der Waals surface area contributed by atoms with Crippen molar-refractivity contribution in [3.63, 3.8) is 0 Å². The summed E-state index contributed by atoms with van der Waals surface area (Å²) in [5.41, 5.74) is 5.15. The smallest absolute Gasteiger partial charge is 0.0702 e. The lowest BCUT2D eigenvalue weighted by Crippen LogP contribution is -2.23. The van der Waals surface area contributed by atoms with Crippen LogP contribution in [-0.2, 0) is 13.0 Å². The summed E-state index contributed by atoms with van der Waals surface area (Å²) in [6.07, 6.45) is 2.98. The maximum absolute atomic E-state index is 4.38. The molecule has 1 aromatic carbocycles. The van der Waals surface area contributed by atoms with E-state index in [0.717, 1.165) is 25.2 Å². The molecule has 0 fully saturated rings. The van der Waals surface area contributed by atoms with Gasteiger partial charge in [0.25, 0.3) is 0 Å². The minimum atomic E-state index is 0.982. The Bertz CT molecular complexity index is 491. The van der Waals surface area contributed by atoms with Crippen LogP contribution >= 0.6 is 0 Å². The average molecular weight is 210 g/mol. The van der Waals surface area contributed by atoms with Gasteiger partial charge in [-0.15, -0.1) is 0 Å². The van der Waals surface area contributed by atoms with E-state index in [1.165, 1.54) is 16.7 Å². The monoisotopic (exact) mass is 210 g/mol. The number of pyridine rings is 1. The fourth-order valence-electron chi connectivity index (χ4n) is 2.17. The van der Waals surface area contributed by atoms with Gasteiger partial charge in [0.1, 0.15) is 0 Å². The molecule has 0 radical (unpaired) electrons. The van der Waals surface area contributed by atoms with Gasteiger partial charge in [-0.05, 0) is 42.3 Å². The topological polar surface area (TPSA) is 24.9 Å². The van der Waals surface area contributed by atoms with E-state index in [-0.39, 0.29) is 0 Å². The van der Waals surface area contributed by atoms with Gasteiger partial charge >= 0.3 is 0 Å². The highest BCUT2D eigenvalue weighted by Gasteiger charge is 2.09. The first-order chi connectivity index (χ1) is 7.93. The van der Waals surface area contributed by atoms with Crippen LogP contribution in [0.4, 0.5) is 0 Å². The van der Waals surface area contributed by atoms with Crippen molar-refractivity contribution in [2.75, 3.05) is 6.54 Å². The minimum absolute atomic E-state index is 0.982. The Morgan fingerprint density at radius 2 is 2.06 bits per heavy atom. The van der Waals surface area contributed by atoms with Gasteiger partial charge in [0.2, 0.25) is 0 Å². The van der Waals surface area contributed by atoms with Crippen molar-refractivity contribution < 1.29 is 0 Å². The van der Waals surface area contributed by atoms with Gasteiger partial charge in [0, 0.05) is 18.3 Å². The second-order valence-corrected chi connectivity index (χ2v) is 4.13. The zero-order valence-electron chi connectivity index (χ0n) is 9.11. The molecule has 1 aliphatic heterocycles. The third-order valence-electron chi connectivity index (χ3n) is 3.05. The molecular weight excluding hydrogens is 196 g/mol. The van der Waals surface area contributed by atoms with Gasteiger partial charge in [-0.1, -0.05) is 18.2 Å². The quantitative estimate of drug-likeness (QED) is 0.781. The molecule has 1 N–H and O–H groups in total. The summed E-state index contributed by atoms with van der Waals surface area (Å²) in [5.74, 6) is 0. The number of hydrogen-bond acceptors (Lipinski definition) is 2. The lowest BCUT2D eigenvalue weighted by molar-refractivity contribution is 0.644. The van der Waals surface area contributed by atoms with Crippen molar-refractivity contribution in [3.05, 3.63) is 53.7 Å². The van der Waals surface area contributed by atoms with E-state index in [4.69, 9.17) is 0 Å². The van der Waals surface area contributed by atoms with Crippen molar-refractivity contribution in [1.29, 1.82) is 0 Å². The highest BCUT2D eigenvalue weighted by Crippen LogP contribution is 2.22. The van der Waals surface area contributed by atoms with Crippen molar-refractivity contribution in [2.45, 2.75) is 13.0 Å². The normalized spacial score (nSPS) is 14.5.